The number of aryl methyl sites for hydroxylation is 1. The molecule has 1 saturated carbocycles. The molecule has 7 nitrogen and oxygen atoms in total. The number of hydrogen-bond donors (Lipinski definition) is 1. The third-order valence-corrected chi connectivity index (χ3v) is 5.14. The number of rotatable bonds is 2. The van der Waals surface area contributed by atoms with Crippen LogP contribution in [0.4, 0.5) is 10.6 Å². The monoisotopic (exact) mass is 331 g/mol. The highest BCUT2D eigenvalue weighted by molar-refractivity contribution is 5.75. The minimum absolute atomic E-state index is 0.0741. The third kappa shape index (κ3) is 3.45. The van der Waals surface area contributed by atoms with Crippen molar-refractivity contribution in [2.75, 3.05) is 37.7 Å². The molecule has 0 spiro atoms. The van der Waals surface area contributed by atoms with Crippen molar-refractivity contribution in [1.29, 1.82) is 0 Å². The number of carbonyl (C=O) groups is 1. The molecule has 1 aromatic heterocycles. The van der Waals surface area contributed by atoms with Crippen molar-refractivity contribution in [3.8, 4) is 0 Å². The van der Waals surface area contributed by atoms with E-state index in [1.54, 1.807) is 0 Å². The fourth-order valence-corrected chi connectivity index (χ4v) is 3.50. The molecule has 2 aliphatic heterocycles. The Morgan fingerprint density at radius 2 is 2.08 bits per heavy atom. The van der Waals surface area contributed by atoms with Crippen molar-refractivity contribution in [3.63, 3.8) is 0 Å². The maximum Gasteiger partial charge on any atom is 0.317 e. The van der Waals surface area contributed by atoms with Crippen LogP contribution in [-0.4, -0.2) is 66.1 Å². The molecule has 1 aromatic rings. The lowest BCUT2D eigenvalue weighted by Crippen LogP contribution is -2.52. The molecule has 24 heavy (non-hydrogen) atoms. The Morgan fingerprint density at radius 3 is 2.83 bits per heavy atom. The van der Waals surface area contributed by atoms with Crippen molar-refractivity contribution in [2.24, 2.45) is 5.92 Å². The van der Waals surface area contributed by atoms with Gasteiger partial charge in [0.15, 0.2) is 5.82 Å². The van der Waals surface area contributed by atoms with E-state index in [1.807, 2.05) is 24.0 Å². The lowest BCUT2D eigenvalue weighted by molar-refractivity contribution is -0.0110. The Bertz CT molecular complexity index is 589. The van der Waals surface area contributed by atoms with Crippen LogP contribution in [0.25, 0.3) is 0 Å². The zero-order valence-electron chi connectivity index (χ0n) is 14.1. The average Bonchev–Trinajstić information content (AvgIpc) is 3.41. The first-order chi connectivity index (χ1) is 11.7. The number of fused-ring (bicyclic) bond motifs is 1. The molecule has 0 unspecified atom stereocenters. The van der Waals surface area contributed by atoms with Gasteiger partial charge in [0.2, 0.25) is 0 Å². The van der Waals surface area contributed by atoms with Crippen LogP contribution in [0.5, 0.6) is 0 Å². The summed E-state index contributed by atoms with van der Waals surface area (Å²) in [4.78, 5) is 16.4. The lowest BCUT2D eigenvalue weighted by atomic mass is 9.93. The molecule has 3 fully saturated rings. The number of likely N-dealkylation sites (tertiary alicyclic amines) is 1. The summed E-state index contributed by atoms with van der Waals surface area (Å²) in [5, 5.41) is 11.6. The average molecular weight is 331 g/mol. The van der Waals surface area contributed by atoms with Crippen LogP contribution < -0.4 is 10.2 Å². The van der Waals surface area contributed by atoms with Crippen LogP contribution in [0.2, 0.25) is 0 Å². The minimum Gasteiger partial charge on any atom is -0.374 e. The van der Waals surface area contributed by atoms with Gasteiger partial charge in [-0.3, -0.25) is 0 Å². The van der Waals surface area contributed by atoms with Gasteiger partial charge in [0.25, 0.3) is 0 Å². The van der Waals surface area contributed by atoms with E-state index in [1.165, 1.54) is 0 Å². The van der Waals surface area contributed by atoms with Gasteiger partial charge in [0, 0.05) is 38.1 Å². The normalized spacial score (nSPS) is 27.4. The van der Waals surface area contributed by atoms with Crippen molar-refractivity contribution in [2.45, 2.75) is 38.3 Å². The number of piperidine rings is 1. The molecule has 1 N–H and O–H groups in total. The number of aromatic nitrogens is 2. The van der Waals surface area contributed by atoms with Gasteiger partial charge in [0.1, 0.15) is 0 Å². The number of anilines is 1. The molecule has 0 aromatic carbocycles. The van der Waals surface area contributed by atoms with Gasteiger partial charge in [-0.2, -0.15) is 5.10 Å². The van der Waals surface area contributed by atoms with E-state index in [9.17, 15) is 4.79 Å². The zero-order valence-corrected chi connectivity index (χ0v) is 14.1. The summed E-state index contributed by atoms with van der Waals surface area (Å²) in [5.74, 6) is 1.35. The second-order valence-electron chi connectivity index (χ2n) is 7.11. The highest BCUT2D eigenvalue weighted by Gasteiger charge is 2.36. The highest BCUT2D eigenvalue weighted by atomic mass is 16.5. The van der Waals surface area contributed by atoms with Crippen molar-refractivity contribution >= 4 is 11.8 Å². The van der Waals surface area contributed by atoms with Crippen LogP contribution in [0.15, 0.2) is 12.1 Å². The van der Waals surface area contributed by atoms with E-state index in [0.29, 0.717) is 25.1 Å². The summed E-state index contributed by atoms with van der Waals surface area (Å²) < 4.78 is 6.07. The SMILES string of the molecule is Cc1ccc(N2CCO[C@@H]3CN(C(=O)NC4CC4)CC[C@@H]3C2)nn1. The first-order valence-electron chi connectivity index (χ1n) is 8.91. The van der Waals surface area contributed by atoms with Crippen molar-refractivity contribution < 1.29 is 9.53 Å². The van der Waals surface area contributed by atoms with Gasteiger partial charge >= 0.3 is 6.03 Å². The minimum atomic E-state index is 0.0741. The van der Waals surface area contributed by atoms with Gasteiger partial charge in [-0.05, 0) is 38.3 Å². The molecule has 4 rings (SSSR count). The van der Waals surface area contributed by atoms with Crippen LogP contribution in [0.1, 0.15) is 25.0 Å². The molecule has 130 valence electrons. The molecule has 2 amide bonds. The Kier molecular flexibility index (Phi) is 4.26. The summed E-state index contributed by atoms with van der Waals surface area (Å²) in [7, 11) is 0. The Balaban J connectivity index is 1.38. The number of hydrogen-bond acceptors (Lipinski definition) is 5. The predicted octanol–water partition coefficient (Wildman–Crippen LogP) is 1.18. The quantitative estimate of drug-likeness (QED) is 0.881. The van der Waals surface area contributed by atoms with Crippen LogP contribution >= 0.6 is 0 Å². The van der Waals surface area contributed by atoms with Gasteiger partial charge in [-0.1, -0.05) is 0 Å². The summed E-state index contributed by atoms with van der Waals surface area (Å²) in [5.41, 5.74) is 0.928. The Labute approximate surface area is 142 Å². The number of amides is 2. The lowest BCUT2D eigenvalue weighted by Gasteiger charge is -2.38. The van der Waals surface area contributed by atoms with E-state index in [4.69, 9.17) is 4.74 Å². The van der Waals surface area contributed by atoms with E-state index in [0.717, 1.165) is 50.4 Å². The topological polar surface area (TPSA) is 70.6 Å². The predicted molar refractivity (Wildman–Crippen MR) is 90.0 cm³/mol. The van der Waals surface area contributed by atoms with Gasteiger partial charge in [-0.15, -0.1) is 5.10 Å². The first kappa shape index (κ1) is 15.6. The first-order valence-corrected chi connectivity index (χ1v) is 8.91. The highest BCUT2D eigenvalue weighted by Crippen LogP contribution is 2.27. The van der Waals surface area contributed by atoms with Crippen LogP contribution in [-0.2, 0) is 4.74 Å². The van der Waals surface area contributed by atoms with Crippen LogP contribution in [0, 0.1) is 12.8 Å². The molecule has 7 heteroatoms. The Morgan fingerprint density at radius 1 is 1.21 bits per heavy atom. The Hall–Kier alpha value is -1.89. The second-order valence-corrected chi connectivity index (χ2v) is 7.11. The van der Waals surface area contributed by atoms with Crippen molar-refractivity contribution in [1.82, 2.24) is 20.4 Å². The standard InChI is InChI=1S/C17H25N5O2/c1-12-2-5-16(20-19-12)21-8-9-24-15-11-22(7-6-13(15)10-21)17(23)18-14-3-4-14/h2,5,13-15H,3-4,6-11H2,1H3,(H,18,23)/t13-,15-/m1/s1. The molecule has 3 heterocycles. The van der Waals surface area contributed by atoms with Crippen LogP contribution in [0.3, 0.4) is 0 Å². The molecule has 2 saturated heterocycles. The van der Waals surface area contributed by atoms with E-state index < -0.39 is 0 Å². The van der Waals surface area contributed by atoms with Gasteiger partial charge < -0.3 is 19.9 Å². The fraction of sp³-hybridized carbons (Fsp3) is 0.706. The van der Waals surface area contributed by atoms with Gasteiger partial charge in [0.05, 0.1) is 18.4 Å². The summed E-state index contributed by atoms with van der Waals surface area (Å²) >= 11 is 0. The van der Waals surface area contributed by atoms with Gasteiger partial charge in [-0.25, -0.2) is 4.79 Å². The molecular weight excluding hydrogens is 306 g/mol. The summed E-state index contributed by atoms with van der Waals surface area (Å²) in [6.07, 6.45) is 3.33. The molecule has 3 aliphatic rings. The molecular formula is C17H25N5O2. The summed E-state index contributed by atoms with van der Waals surface area (Å²) in [6, 6.07) is 4.50. The number of nitrogens with one attached hydrogen (secondary N) is 1. The van der Waals surface area contributed by atoms with E-state index >= 15 is 0 Å². The molecule has 2 atom stereocenters. The third-order valence-electron chi connectivity index (χ3n) is 5.14. The maximum atomic E-state index is 12.3. The molecule has 0 bridgehead atoms. The van der Waals surface area contributed by atoms with E-state index in [-0.39, 0.29) is 12.1 Å². The fourth-order valence-electron chi connectivity index (χ4n) is 3.50. The smallest absolute Gasteiger partial charge is 0.317 e. The number of urea groups is 1. The number of ether oxygens (including phenoxy) is 1. The number of nitrogens with zero attached hydrogens (tertiary/aromatic N) is 4. The second kappa shape index (κ2) is 6.55. The largest absolute Gasteiger partial charge is 0.374 e. The molecule has 0 radical (unpaired) electrons. The maximum absolute atomic E-state index is 12.3. The molecule has 1 aliphatic carbocycles. The number of carbonyl (C=O) groups excluding carboxylic acids is 1. The summed E-state index contributed by atoms with van der Waals surface area (Å²) in [6.45, 7) is 5.84. The van der Waals surface area contributed by atoms with E-state index in [2.05, 4.69) is 20.4 Å². The van der Waals surface area contributed by atoms with Crippen molar-refractivity contribution in [3.05, 3.63) is 17.8 Å². The zero-order chi connectivity index (χ0) is 16.5.